The predicted molar refractivity (Wildman–Crippen MR) is 119 cm³/mol. The summed E-state index contributed by atoms with van der Waals surface area (Å²) in [5.41, 5.74) is 1.46. The van der Waals surface area contributed by atoms with Crippen LogP contribution in [0.25, 0.3) is 0 Å². The van der Waals surface area contributed by atoms with Crippen LogP contribution < -0.4 is 0 Å². The molecule has 172 valence electrons. The van der Waals surface area contributed by atoms with E-state index < -0.39 is 5.41 Å². The third-order valence-corrected chi connectivity index (χ3v) is 7.96. The van der Waals surface area contributed by atoms with Crippen LogP contribution in [0.1, 0.15) is 71.8 Å². The van der Waals surface area contributed by atoms with Crippen molar-refractivity contribution >= 4 is 11.9 Å². The molecule has 4 atom stereocenters. The Balaban J connectivity index is 1.93. The molecular formula is C26H38O5. The van der Waals surface area contributed by atoms with Crippen LogP contribution in [0.15, 0.2) is 34.7 Å². The minimum atomic E-state index is -0.477. The summed E-state index contributed by atoms with van der Waals surface area (Å²) >= 11 is 0. The molecule has 2 aliphatic rings. The van der Waals surface area contributed by atoms with Crippen molar-refractivity contribution in [3.8, 4) is 0 Å². The number of fused-ring (bicyclic) bond motifs is 1. The van der Waals surface area contributed by atoms with Gasteiger partial charge in [-0.2, -0.15) is 0 Å². The minimum Gasteiger partial charge on any atom is -0.472 e. The van der Waals surface area contributed by atoms with Gasteiger partial charge >= 0.3 is 11.9 Å². The van der Waals surface area contributed by atoms with E-state index in [-0.39, 0.29) is 35.8 Å². The number of hydrogen-bond donors (Lipinski definition) is 0. The fourth-order valence-electron chi connectivity index (χ4n) is 6.00. The molecule has 31 heavy (non-hydrogen) atoms. The molecule has 1 saturated carbocycles. The Morgan fingerprint density at radius 1 is 1.29 bits per heavy atom. The maximum absolute atomic E-state index is 12.8. The van der Waals surface area contributed by atoms with Gasteiger partial charge in [-0.15, -0.1) is 0 Å². The number of allylic oxidation sites excluding steroid dienone is 1. The Hall–Kier alpha value is -2.04. The van der Waals surface area contributed by atoms with E-state index in [9.17, 15) is 9.59 Å². The van der Waals surface area contributed by atoms with Crippen LogP contribution in [0.4, 0.5) is 0 Å². The van der Waals surface area contributed by atoms with Gasteiger partial charge < -0.3 is 13.9 Å². The highest BCUT2D eigenvalue weighted by molar-refractivity contribution is 5.90. The van der Waals surface area contributed by atoms with E-state index in [2.05, 4.69) is 13.8 Å². The first-order valence-corrected chi connectivity index (χ1v) is 11.7. The lowest BCUT2D eigenvalue weighted by molar-refractivity contribution is -0.159. The number of hydrogen-bond acceptors (Lipinski definition) is 5. The second kappa shape index (κ2) is 9.62. The molecule has 0 aliphatic heterocycles. The molecular weight excluding hydrogens is 392 g/mol. The molecule has 0 saturated heterocycles. The van der Waals surface area contributed by atoms with Crippen molar-refractivity contribution in [2.75, 3.05) is 13.7 Å². The Morgan fingerprint density at radius 2 is 2.06 bits per heavy atom. The number of furan rings is 1. The van der Waals surface area contributed by atoms with Crippen LogP contribution in [0, 0.1) is 28.6 Å². The molecule has 2 aliphatic carbocycles. The first kappa shape index (κ1) is 23.6. The van der Waals surface area contributed by atoms with Gasteiger partial charge in [-0.1, -0.05) is 33.8 Å². The number of methoxy groups -OCH3 is 1. The fourth-order valence-corrected chi connectivity index (χ4v) is 6.00. The van der Waals surface area contributed by atoms with Gasteiger partial charge in [0, 0.05) is 17.4 Å². The second-order valence-corrected chi connectivity index (χ2v) is 10.2. The van der Waals surface area contributed by atoms with Crippen LogP contribution in [0.5, 0.6) is 0 Å². The molecule has 3 rings (SSSR count). The average molecular weight is 431 g/mol. The summed E-state index contributed by atoms with van der Waals surface area (Å²) in [6, 6.07) is 2.03. The Kier molecular flexibility index (Phi) is 7.33. The van der Waals surface area contributed by atoms with Gasteiger partial charge in [0.25, 0.3) is 0 Å². The average Bonchev–Trinajstić information content (AvgIpc) is 3.26. The van der Waals surface area contributed by atoms with Crippen molar-refractivity contribution in [1.82, 2.24) is 0 Å². The fraction of sp³-hybridized carbons (Fsp3) is 0.692. The monoisotopic (exact) mass is 430 g/mol. The molecule has 0 N–H and O–H groups in total. The lowest BCUT2D eigenvalue weighted by Crippen LogP contribution is -2.54. The zero-order chi connectivity index (χ0) is 22.6. The molecule has 0 amide bonds. The van der Waals surface area contributed by atoms with Crippen LogP contribution in [-0.4, -0.2) is 25.7 Å². The standard InChI is InChI=1S/C26H38O5/c1-18(2)15-23(27)31-17-26-13-9-19(3)25(4,12-10-20-11-14-30-16-20)22(26)8-6-7-21(26)24(28)29-5/h7,11,14,16,18-19,22H,6,8-10,12-13,15,17H2,1-5H3. The maximum atomic E-state index is 12.8. The molecule has 1 aromatic heterocycles. The quantitative estimate of drug-likeness (QED) is 0.493. The van der Waals surface area contributed by atoms with Gasteiger partial charge in [-0.25, -0.2) is 4.79 Å². The largest absolute Gasteiger partial charge is 0.472 e. The van der Waals surface area contributed by atoms with E-state index in [0.717, 1.165) is 38.5 Å². The molecule has 0 radical (unpaired) electrons. The molecule has 5 nitrogen and oxygen atoms in total. The number of rotatable bonds is 8. The van der Waals surface area contributed by atoms with Crippen molar-refractivity contribution in [1.29, 1.82) is 0 Å². The lowest BCUT2D eigenvalue weighted by atomic mass is 9.46. The molecule has 0 spiro atoms. The highest BCUT2D eigenvalue weighted by Crippen LogP contribution is 2.62. The molecule has 1 heterocycles. The number of esters is 2. The van der Waals surface area contributed by atoms with Crippen LogP contribution >= 0.6 is 0 Å². The van der Waals surface area contributed by atoms with Crippen molar-refractivity contribution in [3.63, 3.8) is 0 Å². The highest BCUT2D eigenvalue weighted by Gasteiger charge is 2.58. The number of ether oxygens (including phenoxy) is 2. The third-order valence-electron chi connectivity index (χ3n) is 7.96. The lowest BCUT2D eigenvalue weighted by Gasteiger charge is -2.58. The van der Waals surface area contributed by atoms with E-state index in [0.29, 0.717) is 17.9 Å². The molecule has 0 aromatic carbocycles. The van der Waals surface area contributed by atoms with Gasteiger partial charge in [0.1, 0.15) is 6.61 Å². The SMILES string of the molecule is COC(=O)C1=CCCC2C1(COC(=O)CC(C)C)CCC(C)C2(C)CCc1ccoc1. The third kappa shape index (κ3) is 4.75. The zero-order valence-electron chi connectivity index (χ0n) is 19.7. The summed E-state index contributed by atoms with van der Waals surface area (Å²) in [4.78, 5) is 25.3. The first-order valence-electron chi connectivity index (χ1n) is 11.7. The van der Waals surface area contributed by atoms with Gasteiger partial charge in [-0.3, -0.25) is 4.79 Å². The summed E-state index contributed by atoms with van der Waals surface area (Å²) in [6.07, 6.45) is 11.6. The van der Waals surface area contributed by atoms with Crippen LogP contribution in [-0.2, 0) is 25.5 Å². The molecule has 1 aromatic rings. The van der Waals surface area contributed by atoms with E-state index >= 15 is 0 Å². The Morgan fingerprint density at radius 3 is 2.71 bits per heavy atom. The van der Waals surface area contributed by atoms with E-state index in [1.165, 1.54) is 12.7 Å². The first-order chi connectivity index (χ1) is 14.7. The summed E-state index contributed by atoms with van der Waals surface area (Å²) in [7, 11) is 1.44. The van der Waals surface area contributed by atoms with Gasteiger partial charge in [0.05, 0.1) is 19.6 Å². The van der Waals surface area contributed by atoms with Crippen LogP contribution in [0.2, 0.25) is 0 Å². The topological polar surface area (TPSA) is 65.7 Å². The van der Waals surface area contributed by atoms with Crippen molar-refractivity contribution in [3.05, 3.63) is 35.8 Å². The van der Waals surface area contributed by atoms with Crippen molar-refractivity contribution < 1.29 is 23.5 Å². The highest BCUT2D eigenvalue weighted by atomic mass is 16.5. The number of aryl methyl sites for hydroxylation is 1. The van der Waals surface area contributed by atoms with Gasteiger partial charge in [0.15, 0.2) is 0 Å². The molecule has 1 fully saturated rings. The Bertz CT molecular complexity index is 793. The van der Waals surface area contributed by atoms with Gasteiger partial charge in [0.2, 0.25) is 0 Å². The van der Waals surface area contributed by atoms with E-state index in [1.807, 2.05) is 32.3 Å². The summed E-state index contributed by atoms with van der Waals surface area (Å²) in [6.45, 7) is 8.99. The smallest absolute Gasteiger partial charge is 0.334 e. The summed E-state index contributed by atoms with van der Waals surface area (Å²) < 4.78 is 16.3. The van der Waals surface area contributed by atoms with Crippen molar-refractivity contribution in [2.45, 2.75) is 72.6 Å². The molecule has 0 bridgehead atoms. The minimum absolute atomic E-state index is 0.0213. The molecule has 4 unspecified atom stereocenters. The van der Waals surface area contributed by atoms with E-state index in [1.54, 1.807) is 6.26 Å². The van der Waals surface area contributed by atoms with Crippen molar-refractivity contribution in [2.24, 2.45) is 28.6 Å². The van der Waals surface area contributed by atoms with Crippen LogP contribution in [0.3, 0.4) is 0 Å². The predicted octanol–water partition coefficient (Wildman–Crippen LogP) is 5.73. The summed E-state index contributed by atoms with van der Waals surface area (Å²) in [5, 5.41) is 0. The Labute approximate surface area is 186 Å². The normalized spacial score (nSPS) is 30.5. The zero-order valence-corrected chi connectivity index (χ0v) is 19.7. The molecule has 5 heteroatoms. The maximum Gasteiger partial charge on any atom is 0.334 e. The summed E-state index contributed by atoms with van der Waals surface area (Å²) in [5.74, 6) is 0.546. The number of carbonyl (C=O) groups is 2. The van der Waals surface area contributed by atoms with Gasteiger partial charge in [-0.05, 0) is 73.3 Å². The second-order valence-electron chi connectivity index (χ2n) is 10.2. The van der Waals surface area contributed by atoms with E-state index in [4.69, 9.17) is 13.9 Å². The number of carbonyl (C=O) groups excluding carboxylic acids is 2.